The van der Waals surface area contributed by atoms with Crippen molar-refractivity contribution in [1.29, 1.82) is 0 Å². The molecule has 0 unspecified atom stereocenters. The van der Waals surface area contributed by atoms with Crippen LogP contribution in [0.15, 0.2) is 0 Å². The number of hydrogen-bond donors (Lipinski definition) is 3. The number of rotatable bonds is 3. The van der Waals surface area contributed by atoms with Crippen molar-refractivity contribution in [3.63, 3.8) is 0 Å². The normalized spacial score (nSPS) is 41.1. The van der Waals surface area contributed by atoms with Gasteiger partial charge in [-0.15, -0.1) is 0 Å². The Morgan fingerprint density at radius 1 is 1.12 bits per heavy atom. The van der Waals surface area contributed by atoms with Crippen molar-refractivity contribution in [3.8, 4) is 0 Å². The molecule has 90 valence electrons. The Bertz CT molecular complexity index is 291. The molecule has 0 aromatic rings. The first-order valence-electron chi connectivity index (χ1n) is 6.46. The molecule has 0 radical (unpaired) electrons. The number of urea groups is 1. The van der Waals surface area contributed by atoms with Crippen LogP contribution in [0.2, 0.25) is 0 Å². The molecule has 0 spiro atoms. The third-order valence-corrected chi connectivity index (χ3v) is 4.51. The van der Waals surface area contributed by atoms with Gasteiger partial charge >= 0.3 is 6.03 Å². The third kappa shape index (κ3) is 1.79. The molecule has 4 nitrogen and oxygen atoms in total. The van der Waals surface area contributed by atoms with Crippen molar-refractivity contribution < 1.29 is 9.90 Å². The first kappa shape index (κ1) is 10.4. The van der Waals surface area contributed by atoms with Crippen molar-refractivity contribution in [2.75, 3.05) is 6.61 Å². The molecule has 2 amide bonds. The first-order chi connectivity index (χ1) is 7.78. The highest BCUT2D eigenvalue weighted by molar-refractivity contribution is 5.75. The Hall–Kier alpha value is -0.770. The van der Waals surface area contributed by atoms with Gasteiger partial charge in [0.15, 0.2) is 0 Å². The van der Waals surface area contributed by atoms with Crippen LogP contribution in [0.5, 0.6) is 0 Å². The molecule has 2 bridgehead atoms. The predicted molar refractivity (Wildman–Crippen MR) is 59.9 cm³/mol. The largest absolute Gasteiger partial charge is 0.396 e. The fraction of sp³-hybridized carbons (Fsp3) is 0.917. The zero-order chi connectivity index (χ0) is 11.1. The predicted octanol–water partition coefficient (Wildman–Crippen LogP) is 0.855. The van der Waals surface area contributed by atoms with E-state index in [0.717, 1.165) is 12.8 Å². The molecule has 3 saturated carbocycles. The van der Waals surface area contributed by atoms with Gasteiger partial charge in [-0.2, -0.15) is 0 Å². The van der Waals surface area contributed by atoms with Gasteiger partial charge in [-0.25, -0.2) is 4.79 Å². The van der Waals surface area contributed by atoms with E-state index in [-0.39, 0.29) is 18.7 Å². The lowest BCUT2D eigenvalue weighted by atomic mass is 9.85. The lowest BCUT2D eigenvalue weighted by Crippen LogP contribution is -2.49. The van der Waals surface area contributed by atoms with Gasteiger partial charge in [-0.3, -0.25) is 0 Å². The second-order valence-electron chi connectivity index (χ2n) is 5.60. The van der Waals surface area contributed by atoms with Crippen molar-refractivity contribution in [2.24, 2.45) is 17.8 Å². The summed E-state index contributed by atoms with van der Waals surface area (Å²) in [4.78, 5) is 11.7. The first-order valence-corrected chi connectivity index (χ1v) is 6.46. The lowest BCUT2D eigenvalue weighted by molar-refractivity contribution is 0.144. The second kappa shape index (κ2) is 3.91. The van der Waals surface area contributed by atoms with Gasteiger partial charge in [0.05, 0.1) is 0 Å². The standard InChI is InChI=1S/C12H20N2O2/c15-6-10-7-1-2-8(5-7)11(10)14-12(16)13-9-3-4-9/h7-11,15H,1-6H2,(H2,13,14,16)/t7-,8-,10-,11+/m1/s1. The Balaban J connectivity index is 1.58. The number of hydrogen-bond acceptors (Lipinski definition) is 2. The number of carbonyl (C=O) groups is 1. The summed E-state index contributed by atoms with van der Waals surface area (Å²) in [6, 6.07) is 0.590. The van der Waals surface area contributed by atoms with E-state index in [1.807, 2.05) is 0 Å². The highest BCUT2D eigenvalue weighted by Crippen LogP contribution is 2.48. The van der Waals surface area contributed by atoms with Crippen molar-refractivity contribution in [2.45, 2.75) is 44.2 Å². The highest BCUT2D eigenvalue weighted by Gasteiger charge is 2.47. The number of aliphatic hydroxyl groups is 1. The van der Waals surface area contributed by atoms with Crippen LogP contribution < -0.4 is 10.6 Å². The molecule has 0 heterocycles. The quantitative estimate of drug-likeness (QED) is 0.665. The van der Waals surface area contributed by atoms with Gasteiger partial charge in [0.25, 0.3) is 0 Å². The summed E-state index contributed by atoms with van der Waals surface area (Å²) in [6.45, 7) is 0.218. The summed E-state index contributed by atoms with van der Waals surface area (Å²) in [7, 11) is 0. The number of carbonyl (C=O) groups excluding carboxylic acids is 1. The van der Waals surface area contributed by atoms with Crippen LogP contribution in [0, 0.1) is 17.8 Å². The van der Waals surface area contributed by atoms with E-state index in [0.29, 0.717) is 23.8 Å². The van der Waals surface area contributed by atoms with E-state index in [4.69, 9.17) is 0 Å². The molecule has 0 aliphatic heterocycles. The lowest BCUT2D eigenvalue weighted by Gasteiger charge is -2.30. The summed E-state index contributed by atoms with van der Waals surface area (Å²) < 4.78 is 0. The molecule has 3 N–H and O–H groups in total. The minimum absolute atomic E-state index is 0.0292. The molecular weight excluding hydrogens is 204 g/mol. The molecule has 4 heteroatoms. The Labute approximate surface area is 95.8 Å². The zero-order valence-electron chi connectivity index (χ0n) is 9.48. The van der Waals surface area contributed by atoms with Gasteiger partial charge in [-0.05, 0) is 43.9 Å². The smallest absolute Gasteiger partial charge is 0.315 e. The molecule has 4 atom stereocenters. The van der Waals surface area contributed by atoms with Crippen molar-refractivity contribution in [1.82, 2.24) is 10.6 Å². The number of amides is 2. The van der Waals surface area contributed by atoms with Crippen LogP contribution in [0.1, 0.15) is 32.1 Å². The molecule has 3 rings (SSSR count). The van der Waals surface area contributed by atoms with Crippen molar-refractivity contribution >= 4 is 6.03 Å². The van der Waals surface area contributed by atoms with Crippen LogP contribution in [0.25, 0.3) is 0 Å². The van der Waals surface area contributed by atoms with Gasteiger partial charge in [0, 0.05) is 24.6 Å². The molecule has 3 fully saturated rings. The Morgan fingerprint density at radius 3 is 2.56 bits per heavy atom. The summed E-state index contributed by atoms with van der Waals surface area (Å²) in [5, 5.41) is 15.4. The molecule has 3 aliphatic carbocycles. The van der Waals surface area contributed by atoms with E-state index in [9.17, 15) is 9.90 Å². The summed E-state index contributed by atoms with van der Waals surface area (Å²) >= 11 is 0. The monoisotopic (exact) mass is 224 g/mol. The average molecular weight is 224 g/mol. The second-order valence-corrected chi connectivity index (χ2v) is 5.60. The Kier molecular flexibility index (Phi) is 2.54. The van der Waals surface area contributed by atoms with Crippen LogP contribution >= 0.6 is 0 Å². The summed E-state index contributed by atoms with van der Waals surface area (Å²) in [5.74, 6) is 1.54. The summed E-state index contributed by atoms with van der Waals surface area (Å²) in [6.07, 6.45) is 5.88. The SMILES string of the molecule is O=C(NC1CC1)N[C@H]1[C@@H]2CC[C@H](C2)[C@H]1CO. The maximum absolute atomic E-state index is 11.7. The topological polar surface area (TPSA) is 61.4 Å². The molecule has 3 aliphatic rings. The van der Waals surface area contributed by atoms with Gasteiger partial charge in [0.1, 0.15) is 0 Å². The average Bonchev–Trinajstić information content (AvgIpc) is 2.86. The summed E-state index contributed by atoms with van der Waals surface area (Å²) in [5.41, 5.74) is 0. The van der Waals surface area contributed by atoms with E-state index in [1.54, 1.807) is 0 Å². The highest BCUT2D eigenvalue weighted by atomic mass is 16.3. The molecule has 0 saturated heterocycles. The number of aliphatic hydroxyl groups excluding tert-OH is 1. The van der Waals surface area contributed by atoms with Crippen LogP contribution in [-0.2, 0) is 0 Å². The van der Waals surface area contributed by atoms with Crippen LogP contribution in [0.4, 0.5) is 4.79 Å². The van der Waals surface area contributed by atoms with E-state index in [1.165, 1.54) is 19.3 Å². The maximum atomic E-state index is 11.7. The van der Waals surface area contributed by atoms with Gasteiger partial charge < -0.3 is 15.7 Å². The van der Waals surface area contributed by atoms with E-state index >= 15 is 0 Å². The van der Waals surface area contributed by atoms with Crippen LogP contribution in [0.3, 0.4) is 0 Å². The van der Waals surface area contributed by atoms with Gasteiger partial charge in [-0.1, -0.05) is 0 Å². The van der Waals surface area contributed by atoms with E-state index < -0.39 is 0 Å². The minimum atomic E-state index is -0.0292. The fourth-order valence-corrected chi connectivity index (χ4v) is 3.50. The van der Waals surface area contributed by atoms with Gasteiger partial charge in [0.2, 0.25) is 0 Å². The van der Waals surface area contributed by atoms with E-state index in [2.05, 4.69) is 10.6 Å². The molecule has 0 aromatic carbocycles. The number of fused-ring (bicyclic) bond motifs is 2. The van der Waals surface area contributed by atoms with Crippen LogP contribution in [-0.4, -0.2) is 29.8 Å². The zero-order valence-corrected chi connectivity index (χ0v) is 9.48. The Morgan fingerprint density at radius 2 is 1.88 bits per heavy atom. The van der Waals surface area contributed by atoms with Crippen molar-refractivity contribution in [3.05, 3.63) is 0 Å². The maximum Gasteiger partial charge on any atom is 0.315 e. The molecule has 0 aromatic heterocycles. The molecular formula is C12H20N2O2. The fourth-order valence-electron chi connectivity index (χ4n) is 3.50. The minimum Gasteiger partial charge on any atom is -0.396 e. The molecule has 16 heavy (non-hydrogen) atoms. The number of nitrogens with one attached hydrogen (secondary N) is 2. The third-order valence-electron chi connectivity index (χ3n) is 4.51.